The average molecular weight is 305 g/mol. The molecule has 1 aromatic rings. The van der Waals surface area contributed by atoms with Gasteiger partial charge in [0.25, 0.3) is 0 Å². The molecule has 0 amide bonds. The van der Waals surface area contributed by atoms with Crippen LogP contribution in [-0.4, -0.2) is 24.1 Å². The lowest BCUT2D eigenvalue weighted by atomic mass is 9.91. The third-order valence-electron chi connectivity index (χ3n) is 2.70. The van der Waals surface area contributed by atoms with Gasteiger partial charge >= 0.3 is 18.0 Å². The molecule has 0 aliphatic heterocycles. The second-order valence-electron chi connectivity index (χ2n) is 4.04. The molecule has 0 aromatic heterocycles. The number of alkyl halides is 7. The summed E-state index contributed by atoms with van der Waals surface area (Å²) in [5, 5.41) is 8.66. The third kappa shape index (κ3) is 2.67. The Morgan fingerprint density at radius 2 is 1.45 bits per heavy atom. The van der Waals surface area contributed by atoms with Crippen molar-refractivity contribution < 1.29 is 35.8 Å². The van der Waals surface area contributed by atoms with Crippen LogP contribution in [0.3, 0.4) is 0 Å². The van der Waals surface area contributed by atoms with Crippen molar-refractivity contribution in [3.8, 4) is 0 Å². The number of nitrogens with two attached hydrogens (primary N) is 1. The van der Waals surface area contributed by atoms with Crippen LogP contribution in [0.4, 0.5) is 36.4 Å². The van der Waals surface area contributed by atoms with Gasteiger partial charge in [0, 0.05) is 17.9 Å². The molecule has 0 aliphatic rings. The van der Waals surface area contributed by atoms with Gasteiger partial charge in [0.15, 0.2) is 0 Å². The van der Waals surface area contributed by atoms with E-state index in [4.69, 9.17) is 10.8 Å². The largest absolute Gasteiger partial charge is 0.435 e. The van der Waals surface area contributed by atoms with E-state index in [1.807, 2.05) is 0 Å². The monoisotopic (exact) mass is 305 g/mol. The highest BCUT2D eigenvalue weighted by Gasteiger charge is 2.73. The highest BCUT2D eigenvalue weighted by Crippen LogP contribution is 2.53. The summed E-state index contributed by atoms with van der Waals surface area (Å²) in [6, 6.07) is 1.44. The van der Waals surface area contributed by atoms with Gasteiger partial charge in [0.2, 0.25) is 0 Å². The first kappa shape index (κ1) is 16.5. The second-order valence-corrected chi connectivity index (χ2v) is 4.04. The van der Waals surface area contributed by atoms with Crippen molar-refractivity contribution in [3.05, 3.63) is 29.3 Å². The quantitative estimate of drug-likeness (QED) is 0.666. The van der Waals surface area contributed by atoms with E-state index in [1.165, 1.54) is 0 Å². The molecule has 20 heavy (non-hydrogen) atoms. The number of benzene rings is 1. The Balaban J connectivity index is 3.48. The molecule has 3 N–H and O–H groups in total. The van der Waals surface area contributed by atoms with Gasteiger partial charge in [-0.15, -0.1) is 0 Å². The lowest BCUT2D eigenvalue weighted by Crippen LogP contribution is -2.50. The van der Waals surface area contributed by atoms with Gasteiger partial charge in [0.1, 0.15) is 0 Å². The number of nitrogen functional groups attached to an aromatic ring is 1. The fourth-order valence-electron chi connectivity index (χ4n) is 1.65. The van der Waals surface area contributed by atoms with E-state index in [1.54, 1.807) is 0 Å². The Bertz CT molecular complexity index is 467. The summed E-state index contributed by atoms with van der Waals surface area (Å²) in [5.74, 6) is 0. The first-order chi connectivity index (χ1) is 8.95. The van der Waals surface area contributed by atoms with E-state index in [2.05, 4.69) is 0 Å². The summed E-state index contributed by atoms with van der Waals surface area (Å²) < 4.78 is 88.9. The third-order valence-corrected chi connectivity index (χ3v) is 2.70. The van der Waals surface area contributed by atoms with Crippen molar-refractivity contribution in [2.45, 2.75) is 24.4 Å². The molecule has 0 heterocycles. The molecule has 0 unspecified atom stereocenters. The van der Waals surface area contributed by atoms with Crippen LogP contribution in [0.25, 0.3) is 0 Å². The van der Waals surface area contributed by atoms with Crippen molar-refractivity contribution in [2.75, 3.05) is 12.3 Å². The number of halogens is 7. The normalized spacial score (nSPS) is 13.6. The van der Waals surface area contributed by atoms with Gasteiger partial charge in [-0.3, -0.25) is 0 Å². The van der Waals surface area contributed by atoms with Crippen LogP contribution in [0.2, 0.25) is 0 Å². The predicted octanol–water partition coefficient (Wildman–Crippen LogP) is 3.09. The minimum Gasteiger partial charge on any atom is -0.399 e. The van der Waals surface area contributed by atoms with E-state index in [-0.39, 0.29) is 17.7 Å². The highest BCUT2D eigenvalue weighted by atomic mass is 19.4. The number of aliphatic hydroxyl groups is 1. The first-order valence-electron chi connectivity index (χ1n) is 5.27. The summed E-state index contributed by atoms with van der Waals surface area (Å²) in [4.78, 5) is 0. The van der Waals surface area contributed by atoms with Gasteiger partial charge in [-0.2, -0.15) is 26.3 Å². The Morgan fingerprint density at radius 3 is 1.85 bits per heavy atom. The molecule has 1 aromatic carbocycles. The fraction of sp³-hybridized carbons (Fsp3) is 0.455. The molecule has 0 saturated heterocycles. The smallest absolute Gasteiger partial charge is 0.399 e. The Morgan fingerprint density at radius 1 is 0.950 bits per heavy atom. The minimum absolute atomic E-state index is 0.130. The summed E-state index contributed by atoms with van der Waals surface area (Å²) in [6.45, 7) is -0.551. The van der Waals surface area contributed by atoms with Crippen molar-refractivity contribution >= 4 is 5.69 Å². The topological polar surface area (TPSA) is 46.2 Å². The lowest BCUT2D eigenvalue weighted by molar-refractivity contribution is -0.348. The van der Waals surface area contributed by atoms with Crippen LogP contribution in [0.5, 0.6) is 0 Å². The summed E-state index contributed by atoms with van der Waals surface area (Å²) in [6.07, 6.45) is -12.6. The number of aliphatic hydroxyl groups excluding tert-OH is 1. The molecule has 0 bridgehead atoms. The maximum atomic E-state index is 13.7. The molecule has 9 heteroatoms. The highest BCUT2D eigenvalue weighted by molar-refractivity contribution is 5.50. The lowest BCUT2D eigenvalue weighted by Gasteiger charge is -2.30. The van der Waals surface area contributed by atoms with E-state index in [9.17, 15) is 30.7 Å². The van der Waals surface area contributed by atoms with Gasteiger partial charge in [-0.05, 0) is 24.1 Å². The standard InChI is InChI=1S/C11H10F7NO/c12-9(10(13,14)15,11(16,17)18)7-1-2-8(19)6(5-7)3-4-20/h1-2,5,20H,3-4,19H2. The molecule has 1 rings (SSSR count). The number of anilines is 1. The Labute approximate surface area is 109 Å². The summed E-state index contributed by atoms with van der Waals surface area (Å²) in [7, 11) is 0. The Kier molecular flexibility index (Phi) is 4.23. The van der Waals surface area contributed by atoms with E-state index >= 15 is 0 Å². The number of hydrogen-bond acceptors (Lipinski definition) is 2. The molecule has 0 atom stereocenters. The van der Waals surface area contributed by atoms with Gasteiger partial charge < -0.3 is 10.8 Å². The van der Waals surface area contributed by atoms with Crippen molar-refractivity contribution in [1.82, 2.24) is 0 Å². The van der Waals surface area contributed by atoms with Crippen LogP contribution in [-0.2, 0) is 12.1 Å². The molecule has 114 valence electrons. The van der Waals surface area contributed by atoms with E-state index in [0.717, 1.165) is 6.07 Å². The van der Waals surface area contributed by atoms with Gasteiger partial charge in [0.05, 0.1) is 0 Å². The second kappa shape index (κ2) is 5.12. The molecule has 0 aliphatic carbocycles. The summed E-state index contributed by atoms with van der Waals surface area (Å²) >= 11 is 0. The SMILES string of the molecule is Nc1ccc(C(F)(C(F)(F)F)C(F)(F)F)cc1CCO. The molecular formula is C11H10F7NO. The van der Waals surface area contributed by atoms with Crippen molar-refractivity contribution in [1.29, 1.82) is 0 Å². The minimum atomic E-state index is -6.17. The number of rotatable bonds is 3. The molecule has 0 radical (unpaired) electrons. The van der Waals surface area contributed by atoms with E-state index < -0.39 is 30.2 Å². The van der Waals surface area contributed by atoms with Crippen LogP contribution < -0.4 is 5.73 Å². The van der Waals surface area contributed by atoms with Crippen LogP contribution >= 0.6 is 0 Å². The molecule has 0 fully saturated rings. The molecular weight excluding hydrogens is 295 g/mol. The average Bonchev–Trinajstić information content (AvgIpc) is 2.28. The van der Waals surface area contributed by atoms with Crippen LogP contribution in [0, 0.1) is 0 Å². The first-order valence-corrected chi connectivity index (χ1v) is 5.27. The van der Waals surface area contributed by atoms with Gasteiger partial charge in [-0.25, -0.2) is 4.39 Å². The zero-order chi connectivity index (χ0) is 15.8. The van der Waals surface area contributed by atoms with E-state index in [0.29, 0.717) is 12.1 Å². The van der Waals surface area contributed by atoms with Crippen LogP contribution in [0.1, 0.15) is 11.1 Å². The van der Waals surface area contributed by atoms with Gasteiger partial charge in [-0.1, -0.05) is 6.07 Å². The maximum Gasteiger partial charge on any atom is 0.435 e. The number of hydrogen-bond donors (Lipinski definition) is 2. The maximum absolute atomic E-state index is 13.7. The zero-order valence-electron chi connectivity index (χ0n) is 9.82. The molecule has 0 spiro atoms. The summed E-state index contributed by atoms with van der Waals surface area (Å²) in [5.41, 5.74) is -2.09. The molecule has 0 saturated carbocycles. The van der Waals surface area contributed by atoms with Crippen molar-refractivity contribution in [3.63, 3.8) is 0 Å². The zero-order valence-corrected chi connectivity index (χ0v) is 9.82. The van der Waals surface area contributed by atoms with Crippen molar-refractivity contribution in [2.24, 2.45) is 0 Å². The molecule has 2 nitrogen and oxygen atoms in total. The van der Waals surface area contributed by atoms with Crippen LogP contribution in [0.15, 0.2) is 18.2 Å². The Hall–Kier alpha value is -1.51. The predicted molar refractivity (Wildman–Crippen MR) is 56.5 cm³/mol. The fourth-order valence-corrected chi connectivity index (χ4v) is 1.65.